The monoisotopic (exact) mass is 267 g/mol. The molecule has 19 heavy (non-hydrogen) atoms. The van der Waals surface area contributed by atoms with E-state index in [4.69, 9.17) is 4.74 Å². The second-order valence-electron chi connectivity index (χ2n) is 4.71. The summed E-state index contributed by atoms with van der Waals surface area (Å²) in [5.41, 5.74) is -0.466. The van der Waals surface area contributed by atoms with Gasteiger partial charge < -0.3 is 14.6 Å². The van der Waals surface area contributed by atoms with E-state index >= 15 is 0 Å². The van der Waals surface area contributed by atoms with Gasteiger partial charge in [0.15, 0.2) is 0 Å². The SMILES string of the molecule is CCn1ccc(=O)n(CCNC2CCOCC2)c1=O. The summed E-state index contributed by atoms with van der Waals surface area (Å²) in [5.74, 6) is 0. The first-order valence-electron chi connectivity index (χ1n) is 6.83. The Kier molecular flexibility index (Phi) is 4.93. The zero-order valence-electron chi connectivity index (χ0n) is 11.3. The van der Waals surface area contributed by atoms with Crippen LogP contribution in [0.15, 0.2) is 21.9 Å². The minimum Gasteiger partial charge on any atom is -0.381 e. The fourth-order valence-electron chi connectivity index (χ4n) is 2.29. The van der Waals surface area contributed by atoms with Crippen molar-refractivity contribution in [1.82, 2.24) is 14.5 Å². The predicted molar refractivity (Wildman–Crippen MR) is 72.5 cm³/mol. The van der Waals surface area contributed by atoms with Crippen molar-refractivity contribution in [2.24, 2.45) is 0 Å². The highest BCUT2D eigenvalue weighted by Crippen LogP contribution is 2.05. The Morgan fingerprint density at radius 3 is 2.79 bits per heavy atom. The molecule has 1 aromatic heterocycles. The molecule has 0 atom stereocenters. The molecule has 0 aromatic carbocycles. The molecule has 0 aliphatic carbocycles. The van der Waals surface area contributed by atoms with Gasteiger partial charge in [-0.25, -0.2) is 4.79 Å². The minimum atomic E-state index is -0.233. The topological polar surface area (TPSA) is 65.3 Å². The highest BCUT2D eigenvalue weighted by molar-refractivity contribution is 4.86. The molecule has 1 aromatic rings. The molecule has 6 nitrogen and oxygen atoms in total. The largest absolute Gasteiger partial charge is 0.381 e. The number of nitrogens with zero attached hydrogens (tertiary/aromatic N) is 2. The number of hydrogen-bond acceptors (Lipinski definition) is 4. The molecule has 0 bridgehead atoms. The van der Waals surface area contributed by atoms with E-state index in [1.165, 1.54) is 15.2 Å². The van der Waals surface area contributed by atoms with E-state index in [0.29, 0.717) is 25.7 Å². The smallest absolute Gasteiger partial charge is 0.330 e. The lowest BCUT2D eigenvalue weighted by atomic mass is 10.1. The highest BCUT2D eigenvalue weighted by atomic mass is 16.5. The van der Waals surface area contributed by atoms with Crippen LogP contribution in [-0.2, 0) is 17.8 Å². The van der Waals surface area contributed by atoms with Crippen LogP contribution in [0.3, 0.4) is 0 Å². The van der Waals surface area contributed by atoms with Gasteiger partial charge >= 0.3 is 5.69 Å². The summed E-state index contributed by atoms with van der Waals surface area (Å²) in [4.78, 5) is 23.7. The van der Waals surface area contributed by atoms with Crippen LogP contribution >= 0.6 is 0 Å². The Balaban J connectivity index is 1.95. The maximum atomic E-state index is 12.0. The number of aryl methyl sites for hydroxylation is 1. The van der Waals surface area contributed by atoms with Gasteiger partial charge in [-0.1, -0.05) is 0 Å². The van der Waals surface area contributed by atoms with Crippen molar-refractivity contribution in [3.8, 4) is 0 Å². The van der Waals surface area contributed by atoms with Crippen molar-refractivity contribution in [3.05, 3.63) is 33.1 Å². The fourth-order valence-corrected chi connectivity index (χ4v) is 2.29. The second-order valence-corrected chi connectivity index (χ2v) is 4.71. The molecule has 6 heteroatoms. The van der Waals surface area contributed by atoms with Crippen LogP contribution in [-0.4, -0.2) is 34.9 Å². The Labute approximate surface area is 112 Å². The van der Waals surface area contributed by atoms with Crippen molar-refractivity contribution in [1.29, 1.82) is 0 Å². The molecule has 1 saturated heterocycles. The standard InChI is InChI=1S/C13H21N3O3/c1-2-15-7-3-12(17)16(13(15)18)8-6-14-11-4-9-19-10-5-11/h3,7,11,14H,2,4-6,8-10H2,1H3. The fraction of sp³-hybridized carbons (Fsp3) is 0.692. The highest BCUT2D eigenvalue weighted by Gasteiger charge is 2.12. The van der Waals surface area contributed by atoms with Gasteiger partial charge in [-0.2, -0.15) is 0 Å². The van der Waals surface area contributed by atoms with Crippen LogP contribution in [0.4, 0.5) is 0 Å². The first-order chi connectivity index (χ1) is 9.22. The molecule has 0 unspecified atom stereocenters. The van der Waals surface area contributed by atoms with Crippen molar-refractivity contribution in [3.63, 3.8) is 0 Å². The number of rotatable bonds is 5. The first kappa shape index (κ1) is 14.0. The van der Waals surface area contributed by atoms with E-state index in [1.807, 2.05) is 6.92 Å². The van der Waals surface area contributed by atoms with E-state index in [2.05, 4.69) is 5.32 Å². The molecule has 1 aliphatic rings. The van der Waals surface area contributed by atoms with Crippen LogP contribution in [0.2, 0.25) is 0 Å². The van der Waals surface area contributed by atoms with Crippen molar-refractivity contribution < 1.29 is 4.74 Å². The van der Waals surface area contributed by atoms with Crippen LogP contribution < -0.4 is 16.6 Å². The van der Waals surface area contributed by atoms with E-state index in [1.54, 1.807) is 6.20 Å². The molecule has 106 valence electrons. The van der Waals surface area contributed by atoms with E-state index < -0.39 is 0 Å². The molecule has 0 saturated carbocycles. The zero-order chi connectivity index (χ0) is 13.7. The van der Waals surface area contributed by atoms with E-state index in [-0.39, 0.29) is 11.2 Å². The Morgan fingerprint density at radius 1 is 1.37 bits per heavy atom. The molecule has 1 aliphatic heterocycles. The lowest BCUT2D eigenvalue weighted by Crippen LogP contribution is -2.43. The van der Waals surface area contributed by atoms with Gasteiger partial charge in [-0.15, -0.1) is 0 Å². The quantitative estimate of drug-likeness (QED) is 0.802. The van der Waals surface area contributed by atoms with Crippen LogP contribution in [0.5, 0.6) is 0 Å². The Morgan fingerprint density at radius 2 is 2.11 bits per heavy atom. The maximum Gasteiger partial charge on any atom is 0.330 e. The first-order valence-corrected chi connectivity index (χ1v) is 6.83. The van der Waals surface area contributed by atoms with Gasteiger partial charge in [0.25, 0.3) is 5.56 Å². The van der Waals surface area contributed by atoms with Crippen LogP contribution in [0.1, 0.15) is 19.8 Å². The molecule has 1 N–H and O–H groups in total. The summed E-state index contributed by atoms with van der Waals surface area (Å²) in [5, 5.41) is 3.37. The Bertz CT molecular complexity index is 515. The predicted octanol–water partition coefficient (Wildman–Crippen LogP) is -0.201. The molecule has 1 fully saturated rings. The van der Waals surface area contributed by atoms with Crippen molar-refractivity contribution in [2.75, 3.05) is 19.8 Å². The third-order valence-corrected chi connectivity index (χ3v) is 3.47. The van der Waals surface area contributed by atoms with Gasteiger partial charge in [0.2, 0.25) is 0 Å². The number of aromatic nitrogens is 2. The average Bonchev–Trinajstić information content (AvgIpc) is 2.44. The van der Waals surface area contributed by atoms with Gasteiger partial charge in [0.1, 0.15) is 0 Å². The summed E-state index contributed by atoms with van der Waals surface area (Å²) < 4.78 is 8.11. The average molecular weight is 267 g/mol. The normalized spacial score (nSPS) is 16.7. The van der Waals surface area contributed by atoms with Crippen molar-refractivity contribution >= 4 is 0 Å². The maximum absolute atomic E-state index is 12.0. The Hall–Kier alpha value is -1.40. The third-order valence-electron chi connectivity index (χ3n) is 3.47. The van der Waals surface area contributed by atoms with Crippen LogP contribution in [0, 0.1) is 0 Å². The summed E-state index contributed by atoms with van der Waals surface area (Å²) in [7, 11) is 0. The van der Waals surface area contributed by atoms with E-state index in [0.717, 1.165) is 26.1 Å². The lowest BCUT2D eigenvalue weighted by molar-refractivity contribution is 0.0778. The van der Waals surface area contributed by atoms with Gasteiger partial charge in [0.05, 0.1) is 0 Å². The minimum absolute atomic E-state index is 0.233. The summed E-state index contributed by atoms with van der Waals surface area (Å²) >= 11 is 0. The molecular weight excluding hydrogens is 246 g/mol. The van der Waals surface area contributed by atoms with Crippen LogP contribution in [0.25, 0.3) is 0 Å². The summed E-state index contributed by atoms with van der Waals surface area (Å²) in [6, 6.07) is 1.88. The second kappa shape index (κ2) is 6.68. The number of nitrogens with one attached hydrogen (secondary N) is 1. The molecule has 2 rings (SSSR count). The molecule has 0 spiro atoms. The molecule has 0 amide bonds. The lowest BCUT2D eigenvalue weighted by Gasteiger charge is -2.23. The van der Waals surface area contributed by atoms with Gasteiger partial charge in [-0.05, 0) is 19.8 Å². The zero-order valence-corrected chi connectivity index (χ0v) is 11.3. The van der Waals surface area contributed by atoms with Crippen molar-refractivity contribution in [2.45, 2.75) is 38.9 Å². The van der Waals surface area contributed by atoms with Gasteiger partial charge in [0, 0.05) is 51.2 Å². The van der Waals surface area contributed by atoms with E-state index in [9.17, 15) is 9.59 Å². The molecule has 2 heterocycles. The third kappa shape index (κ3) is 3.54. The number of hydrogen-bond donors (Lipinski definition) is 1. The van der Waals surface area contributed by atoms with Gasteiger partial charge in [-0.3, -0.25) is 9.36 Å². The molecule has 0 radical (unpaired) electrons. The number of ether oxygens (including phenoxy) is 1. The summed E-state index contributed by atoms with van der Waals surface area (Å²) in [6.45, 7) is 5.07. The molecular formula is C13H21N3O3. The summed E-state index contributed by atoms with van der Waals surface area (Å²) in [6.07, 6.45) is 3.53.